The third-order valence-corrected chi connectivity index (χ3v) is 8.00. The van der Waals surface area contributed by atoms with Gasteiger partial charge < -0.3 is 19.5 Å². The molecule has 1 heterocycles. The Balaban J connectivity index is 1.65. The molecule has 1 saturated heterocycles. The molecule has 4 rings (SSSR count). The second kappa shape index (κ2) is 12.8. The van der Waals surface area contributed by atoms with Gasteiger partial charge in [-0.25, -0.2) is 0 Å². The molecule has 1 aliphatic heterocycles. The van der Waals surface area contributed by atoms with Gasteiger partial charge in [-0.05, 0) is 55.5 Å². The Morgan fingerprint density at radius 1 is 0.902 bits per heavy atom. The van der Waals surface area contributed by atoms with Crippen LogP contribution in [0.3, 0.4) is 0 Å². The van der Waals surface area contributed by atoms with Crippen LogP contribution in [0.25, 0.3) is 6.08 Å². The van der Waals surface area contributed by atoms with Gasteiger partial charge in [0.2, 0.25) is 5.91 Å². The molecule has 0 atom stereocenters. The number of hydrogen-bond donors (Lipinski definition) is 1. The molecule has 13 heteroatoms. The summed E-state index contributed by atoms with van der Waals surface area (Å²) in [6.07, 6.45) is -7.91. The molecule has 41 heavy (non-hydrogen) atoms. The van der Waals surface area contributed by atoms with Gasteiger partial charge in [-0.15, -0.1) is 0 Å². The number of carboxylic acids is 1. The smallest absolute Gasteiger partial charge is 0.418 e. The van der Waals surface area contributed by atoms with E-state index in [-0.39, 0.29) is 43.1 Å². The third-order valence-electron chi connectivity index (χ3n) is 6.88. The van der Waals surface area contributed by atoms with Crippen LogP contribution < -0.4 is 4.74 Å². The lowest BCUT2D eigenvalue weighted by Crippen LogP contribution is -2.39. The molecule has 0 aromatic heterocycles. The summed E-state index contributed by atoms with van der Waals surface area (Å²) in [4.78, 5) is 24.5. The summed E-state index contributed by atoms with van der Waals surface area (Å²) in [6.45, 7) is 0.959. The summed E-state index contributed by atoms with van der Waals surface area (Å²) in [6, 6.07) is 7.95. The number of carbonyl (C=O) groups is 2. The molecule has 2 aliphatic rings. The van der Waals surface area contributed by atoms with E-state index in [4.69, 9.17) is 9.47 Å². The number of rotatable bonds is 7. The number of amides is 1. The minimum atomic E-state index is -5.37. The fourth-order valence-electron chi connectivity index (χ4n) is 4.82. The maximum atomic E-state index is 14.3. The number of carboxylic acid groups (broad SMARTS) is 1. The van der Waals surface area contributed by atoms with Crippen molar-refractivity contribution in [3.05, 3.63) is 59.2 Å². The molecule has 2 aromatic carbocycles. The Kier molecular flexibility index (Phi) is 9.58. The first-order chi connectivity index (χ1) is 19.3. The topological polar surface area (TPSA) is 76.1 Å². The molecule has 6 nitrogen and oxygen atoms in total. The highest BCUT2D eigenvalue weighted by Crippen LogP contribution is 2.49. The van der Waals surface area contributed by atoms with Crippen LogP contribution in [-0.4, -0.2) is 54.3 Å². The van der Waals surface area contributed by atoms with Gasteiger partial charge in [-0.2, -0.15) is 26.3 Å². The minimum absolute atomic E-state index is 0.178. The van der Waals surface area contributed by atoms with Crippen molar-refractivity contribution in [3.8, 4) is 5.75 Å². The zero-order valence-electron chi connectivity index (χ0n) is 21.6. The molecule has 0 radical (unpaired) electrons. The summed E-state index contributed by atoms with van der Waals surface area (Å²) < 4.78 is 96.5. The van der Waals surface area contributed by atoms with Crippen molar-refractivity contribution in [1.29, 1.82) is 0 Å². The Bertz CT molecular complexity index is 1280. The highest BCUT2D eigenvalue weighted by atomic mass is 32.2. The predicted molar refractivity (Wildman–Crippen MR) is 137 cm³/mol. The average Bonchev–Trinajstić information content (AvgIpc) is 2.92. The van der Waals surface area contributed by atoms with Crippen LogP contribution in [-0.2, 0) is 26.7 Å². The van der Waals surface area contributed by atoms with E-state index >= 15 is 0 Å². The van der Waals surface area contributed by atoms with E-state index < -0.39 is 51.7 Å². The van der Waals surface area contributed by atoms with Gasteiger partial charge in [0.05, 0.1) is 41.3 Å². The van der Waals surface area contributed by atoms with Crippen molar-refractivity contribution in [2.45, 2.75) is 53.9 Å². The maximum Gasteiger partial charge on any atom is 0.418 e. The van der Waals surface area contributed by atoms with Gasteiger partial charge in [-0.1, -0.05) is 30.0 Å². The zero-order valence-corrected chi connectivity index (χ0v) is 22.5. The molecule has 2 aromatic rings. The number of hydrogen-bond acceptors (Lipinski definition) is 5. The van der Waals surface area contributed by atoms with Crippen molar-refractivity contribution in [2.75, 3.05) is 26.3 Å². The maximum absolute atomic E-state index is 14.3. The molecule has 2 fully saturated rings. The molecule has 0 bridgehead atoms. The first-order valence-electron chi connectivity index (χ1n) is 12.9. The van der Waals surface area contributed by atoms with Crippen LogP contribution in [0.4, 0.5) is 26.3 Å². The van der Waals surface area contributed by atoms with Crippen molar-refractivity contribution < 1.29 is 50.5 Å². The number of alkyl halides is 6. The molecule has 0 unspecified atom stereocenters. The summed E-state index contributed by atoms with van der Waals surface area (Å²) in [7, 11) is 0. The second-order valence-electron chi connectivity index (χ2n) is 9.65. The van der Waals surface area contributed by atoms with Gasteiger partial charge in [0.15, 0.2) is 0 Å². The molecule has 1 saturated carbocycles. The fourth-order valence-corrected chi connectivity index (χ4v) is 5.87. The lowest BCUT2D eigenvalue weighted by Gasteiger charge is -2.27. The fraction of sp³-hybridized carbons (Fsp3) is 0.429. The first kappa shape index (κ1) is 30.8. The lowest BCUT2D eigenvalue weighted by molar-refractivity contribution is -0.163. The van der Waals surface area contributed by atoms with E-state index in [1.54, 1.807) is 6.07 Å². The Labute approximate surface area is 236 Å². The van der Waals surface area contributed by atoms with Crippen molar-refractivity contribution in [3.63, 3.8) is 0 Å². The average molecular weight is 604 g/mol. The van der Waals surface area contributed by atoms with E-state index in [9.17, 15) is 41.0 Å². The van der Waals surface area contributed by atoms with Crippen LogP contribution in [0.5, 0.6) is 5.75 Å². The summed E-state index contributed by atoms with van der Waals surface area (Å²) >= 11 is 0.496. The highest BCUT2D eigenvalue weighted by Gasteiger charge is 2.46. The summed E-state index contributed by atoms with van der Waals surface area (Å²) in [5.74, 6) is -1.83. The van der Waals surface area contributed by atoms with E-state index in [0.29, 0.717) is 37.4 Å². The standard InChI is InChI=1S/C28H27F6NO5S/c29-27(30,31)24-17(8-12-23(36)35-13-15-39-16-14-35)7-11-22(25(24)28(32,33)34)41-21-4-2-1-3-20(21)40-19-9-5-18(6-10-19)26(37)38/h1-4,7-8,11-12,18-19H,5-6,9-10,13-16H2,(H,37,38)/b12-8-. The lowest BCUT2D eigenvalue weighted by atomic mass is 9.87. The predicted octanol–water partition coefficient (Wildman–Crippen LogP) is 6.77. The number of carbonyl (C=O) groups excluding carboxylic acids is 1. The van der Waals surface area contributed by atoms with E-state index in [0.717, 1.165) is 24.3 Å². The zero-order chi connectivity index (χ0) is 29.8. The quantitative estimate of drug-likeness (QED) is 0.278. The van der Waals surface area contributed by atoms with Gasteiger partial charge in [0.1, 0.15) is 5.75 Å². The third kappa shape index (κ3) is 7.76. The van der Waals surface area contributed by atoms with Crippen LogP contribution in [0, 0.1) is 5.92 Å². The van der Waals surface area contributed by atoms with E-state index in [2.05, 4.69) is 0 Å². The van der Waals surface area contributed by atoms with Crippen LogP contribution in [0.2, 0.25) is 0 Å². The number of aliphatic carboxylic acids is 1. The Morgan fingerprint density at radius 3 is 2.15 bits per heavy atom. The molecule has 1 N–H and O–H groups in total. The number of nitrogens with zero attached hydrogens (tertiary/aromatic N) is 1. The van der Waals surface area contributed by atoms with Crippen molar-refractivity contribution >= 4 is 29.7 Å². The normalized spacial score (nSPS) is 20.3. The van der Waals surface area contributed by atoms with Crippen LogP contribution >= 0.6 is 11.8 Å². The van der Waals surface area contributed by atoms with Gasteiger partial charge in [-0.3, -0.25) is 9.59 Å². The second-order valence-corrected chi connectivity index (χ2v) is 10.7. The summed E-state index contributed by atoms with van der Waals surface area (Å²) in [5, 5.41) is 9.19. The monoisotopic (exact) mass is 603 g/mol. The van der Waals surface area contributed by atoms with Gasteiger partial charge in [0.25, 0.3) is 0 Å². The Hall–Kier alpha value is -3.19. The SMILES string of the molecule is O=C(O)C1CCC(Oc2ccccc2Sc2ccc(/C=C\C(=O)N3CCOCC3)c(C(F)(F)F)c2C(F)(F)F)CC1. The van der Waals surface area contributed by atoms with E-state index in [1.165, 1.54) is 23.1 Å². The number of benzene rings is 2. The van der Waals surface area contributed by atoms with Gasteiger partial charge in [0, 0.05) is 24.1 Å². The Morgan fingerprint density at radius 2 is 1.54 bits per heavy atom. The molecule has 0 spiro atoms. The molecule has 222 valence electrons. The molecule has 1 amide bonds. The van der Waals surface area contributed by atoms with Gasteiger partial charge >= 0.3 is 18.3 Å². The number of morpholine rings is 1. The first-order valence-corrected chi connectivity index (χ1v) is 13.7. The van der Waals surface area contributed by atoms with Crippen molar-refractivity contribution in [2.24, 2.45) is 5.92 Å². The minimum Gasteiger partial charge on any atom is -0.489 e. The summed E-state index contributed by atoms with van der Waals surface area (Å²) in [5.41, 5.74) is -4.52. The molecular weight excluding hydrogens is 576 g/mol. The number of ether oxygens (including phenoxy) is 2. The molecule has 1 aliphatic carbocycles. The number of halogens is 6. The van der Waals surface area contributed by atoms with Crippen LogP contribution in [0.15, 0.2) is 52.3 Å². The number of para-hydroxylation sites is 1. The molecular formula is C28H27F6NO5S. The largest absolute Gasteiger partial charge is 0.489 e. The highest BCUT2D eigenvalue weighted by molar-refractivity contribution is 7.99. The van der Waals surface area contributed by atoms with E-state index in [1.807, 2.05) is 0 Å². The van der Waals surface area contributed by atoms with Crippen LogP contribution in [0.1, 0.15) is 42.4 Å². The van der Waals surface area contributed by atoms with Crippen molar-refractivity contribution in [1.82, 2.24) is 4.90 Å².